The Bertz CT molecular complexity index is 872. The van der Waals surface area contributed by atoms with Crippen molar-refractivity contribution in [3.8, 4) is 5.75 Å². The highest BCUT2D eigenvalue weighted by molar-refractivity contribution is 5.88. The van der Waals surface area contributed by atoms with Gasteiger partial charge in [0.15, 0.2) is 6.10 Å². The predicted octanol–water partition coefficient (Wildman–Crippen LogP) is 10.4. The van der Waals surface area contributed by atoms with Gasteiger partial charge in [-0.05, 0) is 44.4 Å². The third-order valence-corrected chi connectivity index (χ3v) is 7.56. The summed E-state index contributed by atoms with van der Waals surface area (Å²) in [5.41, 5.74) is 1.36. The Morgan fingerprint density at radius 2 is 1.02 bits per heavy atom. The number of hydrogen-bond acceptors (Lipinski definition) is 5. The highest BCUT2D eigenvalue weighted by Crippen LogP contribution is 2.30. The van der Waals surface area contributed by atoms with Gasteiger partial charge < -0.3 is 14.2 Å². The maximum absolute atomic E-state index is 12.5. The lowest BCUT2D eigenvalue weighted by Gasteiger charge is -2.28. The van der Waals surface area contributed by atoms with Crippen LogP contribution in [0.2, 0.25) is 0 Å². The number of hydrogen-bond donors (Lipinski definition) is 0. The monoisotopic (exact) mass is 570 g/mol. The van der Waals surface area contributed by atoms with Crippen molar-refractivity contribution in [2.75, 3.05) is 7.11 Å². The van der Waals surface area contributed by atoms with Crippen LogP contribution in [0.15, 0.2) is 48.6 Å². The number of benzene rings is 1. The lowest BCUT2D eigenvalue weighted by atomic mass is 9.98. The first-order valence-electron chi connectivity index (χ1n) is 16.2. The van der Waals surface area contributed by atoms with E-state index < -0.39 is 24.1 Å². The van der Waals surface area contributed by atoms with Gasteiger partial charge in [0.1, 0.15) is 11.9 Å². The van der Waals surface area contributed by atoms with Gasteiger partial charge in [-0.1, -0.05) is 135 Å². The second-order valence-electron chi connectivity index (χ2n) is 11.5. The first kappa shape index (κ1) is 36.5. The summed E-state index contributed by atoms with van der Waals surface area (Å²) in [6, 6.07) is 7.30. The second-order valence-corrected chi connectivity index (χ2v) is 11.5. The molecule has 0 aliphatic rings. The summed E-state index contributed by atoms with van der Waals surface area (Å²) in [5.74, 6) is -0.293. The molecule has 232 valence electrons. The molecule has 0 saturated carbocycles. The van der Waals surface area contributed by atoms with E-state index in [1.807, 2.05) is 24.3 Å². The van der Waals surface area contributed by atoms with Crippen molar-refractivity contribution < 1.29 is 23.8 Å². The predicted molar refractivity (Wildman–Crippen MR) is 170 cm³/mol. The fraction of sp³-hybridized carbons (Fsp3) is 0.667. The van der Waals surface area contributed by atoms with Crippen molar-refractivity contribution >= 4 is 11.9 Å². The Hall–Kier alpha value is -2.56. The minimum absolute atomic E-state index is 0.297. The SMILES string of the molecule is C=C(C)C(=O)OC(CCCCCCCCCCCCCCCCCCC)C(OC(=O)C(=C)C)c1ccc(OC)cc1. The largest absolute Gasteiger partial charge is 0.497 e. The van der Waals surface area contributed by atoms with E-state index in [0.29, 0.717) is 23.3 Å². The normalized spacial score (nSPS) is 12.4. The number of esters is 2. The maximum Gasteiger partial charge on any atom is 0.333 e. The maximum atomic E-state index is 12.5. The molecule has 0 N–H and O–H groups in total. The van der Waals surface area contributed by atoms with E-state index in [0.717, 1.165) is 24.8 Å². The first-order valence-corrected chi connectivity index (χ1v) is 16.2. The summed E-state index contributed by atoms with van der Waals surface area (Å²) in [7, 11) is 1.60. The fourth-order valence-electron chi connectivity index (χ4n) is 4.95. The molecule has 41 heavy (non-hydrogen) atoms. The van der Waals surface area contributed by atoms with E-state index in [4.69, 9.17) is 14.2 Å². The van der Waals surface area contributed by atoms with E-state index in [9.17, 15) is 9.59 Å². The minimum atomic E-state index is -0.741. The van der Waals surface area contributed by atoms with Crippen molar-refractivity contribution in [2.45, 2.75) is 149 Å². The standard InChI is InChI=1S/C36H58O5/c1-7-8-9-10-11-12-13-14-15-16-17-18-19-20-21-22-23-24-33(40-35(37)29(2)3)34(41-36(38)30(4)5)31-25-27-32(39-6)28-26-31/h25-28,33-34H,2,4,7-24H2,1,3,5-6H3. The molecule has 0 aliphatic heterocycles. The molecule has 0 heterocycles. The van der Waals surface area contributed by atoms with E-state index in [1.165, 1.54) is 89.9 Å². The van der Waals surface area contributed by atoms with Crippen LogP contribution >= 0.6 is 0 Å². The van der Waals surface area contributed by atoms with Crippen LogP contribution in [0, 0.1) is 0 Å². The molecule has 0 spiro atoms. The zero-order valence-electron chi connectivity index (χ0n) is 26.6. The summed E-state index contributed by atoms with van der Waals surface area (Å²) in [5, 5.41) is 0. The van der Waals surface area contributed by atoms with Crippen LogP contribution in [0.25, 0.3) is 0 Å². The second kappa shape index (κ2) is 23.1. The van der Waals surface area contributed by atoms with E-state index in [-0.39, 0.29) is 0 Å². The van der Waals surface area contributed by atoms with Gasteiger partial charge in [-0.15, -0.1) is 0 Å². The average molecular weight is 571 g/mol. The van der Waals surface area contributed by atoms with Gasteiger partial charge in [0.2, 0.25) is 0 Å². The van der Waals surface area contributed by atoms with Gasteiger partial charge in [0.25, 0.3) is 0 Å². The number of unbranched alkanes of at least 4 members (excludes halogenated alkanes) is 16. The zero-order valence-corrected chi connectivity index (χ0v) is 26.6. The Morgan fingerprint density at radius 1 is 0.634 bits per heavy atom. The fourth-order valence-corrected chi connectivity index (χ4v) is 4.95. The zero-order chi connectivity index (χ0) is 30.3. The van der Waals surface area contributed by atoms with Crippen LogP contribution in [0.5, 0.6) is 5.75 Å². The molecular formula is C36H58O5. The van der Waals surface area contributed by atoms with Crippen molar-refractivity contribution in [3.05, 3.63) is 54.1 Å². The molecule has 0 aliphatic carbocycles. The summed E-state index contributed by atoms with van der Waals surface area (Å²) < 4.78 is 16.9. The van der Waals surface area contributed by atoms with Gasteiger partial charge >= 0.3 is 11.9 Å². The molecule has 0 saturated heterocycles. The lowest BCUT2D eigenvalue weighted by molar-refractivity contribution is -0.164. The van der Waals surface area contributed by atoms with Crippen molar-refractivity contribution in [2.24, 2.45) is 0 Å². The van der Waals surface area contributed by atoms with Gasteiger partial charge in [-0.3, -0.25) is 0 Å². The molecule has 5 nitrogen and oxygen atoms in total. The number of ether oxygens (including phenoxy) is 3. The number of carbonyl (C=O) groups excluding carboxylic acids is 2. The molecule has 0 radical (unpaired) electrons. The molecular weight excluding hydrogens is 512 g/mol. The summed E-state index contributed by atoms with van der Waals surface area (Å²) in [6.45, 7) is 12.9. The molecule has 0 fully saturated rings. The topological polar surface area (TPSA) is 61.8 Å². The van der Waals surface area contributed by atoms with E-state index in [1.54, 1.807) is 21.0 Å². The molecule has 0 amide bonds. The van der Waals surface area contributed by atoms with Crippen LogP contribution in [-0.2, 0) is 19.1 Å². The molecule has 0 bridgehead atoms. The van der Waals surface area contributed by atoms with Crippen LogP contribution < -0.4 is 4.74 Å². The Labute approximate surface area is 251 Å². The van der Waals surface area contributed by atoms with Crippen LogP contribution in [0.1, 0.15) is 148 Å². The van der Waals surface area contributed by atoms with E-state index >= 15 is 0 Å². The van der Waals surface area contributed by atoms with Gasteiger partial charge in [0.05, 0.1) is 7.11 Å². The Morgan fingerprint density at radius 3 is 1.41 bits per heavy atom. The highest BCUT2D eigenvalue weighted by Gasteiger charge is 2.30. The average Bonchev–Trinajstić information content (AvgIpc) is 2.96. The lowest BCUT2D eigenvalue weighted by Crippen LogP contribution is -2.29. The molecule has 0 aromatic heterocycles. The summed E-state index contributed by atoms with van der Waals surface area (Å²) in [4.78, 5) is 25.0. The third kappa shape index (κ3) is 17.1. The number of rotatable bonds is 25. The number of carbonyl (C=O) groups is 2. The van der Waals surface area contributed by atoms with Crippen LogP contribution in [-0.4, -0.2) is 25.2 Å². The quantitative estimate of drug-likeness (QED) is 0.0665. The first-order chi connectivity index (χ1) is 19.8. The van der Waals surface area contributed by atoms with Gasteiger partial charge in [-0.2, -0.15) is 0 Å². The van der Waals surface area contributed by atoms with Crippen LogP contribution in [0.3, 0.4) is 0 Å². The summed E-state index contributed by atoms with van der Waals surface area (Å²) in [6.07, 6.45) is 21.4. The third-order valence-electron chi connectivity index (χ3n) is 7.56. The number of methoxy groups -OCH3 is 1. The smallest absolute Gasteiger partial charge is 0.333 e. The molecule has 5 heteroatoms. The van der Waals surface area contributed by atoms with E-state index in [2.05, 4.69) is 20.1 Å². The van der Waals surface area contributed by atoms with Crippen molar-refractivity contribution in [1.29, 1.82) is 0 Å². The molecule has 1 aromatic rings. The Balaban J connectivity index is 2.44. The molecule has 2 atom stereocenters. The highest BCUT2D eigenvalue weighted by atomic mass is 16.6. The van der Waals surface area contributed by atoms with Gasteiger partial charge in [0, 0.05) is 11.1 Å². The Kier molecular flexibility index (Phi) is 20.5. The van der Waals surface area contributed by atoms with Gasteiger partial charge in [-0.25, -0.2) is 9.59 Å². The molecule has 1 rings (SSSR count). The minimum Gasteiger partial charge on any atom is -0.497 e. The molecule has 2 unspecified atom stereocenters. The molecule has 1 aromatic carbocycles. The summed E-state index contributed by atoms with van der Waals surface area (Å²) >= 11 is 0. The van der Waals surface area contributed by atoms with Crippen LogP contribution in [0.4, 0.5) is 0 Å². The van der Waals surface area contributed by atoms with Crippen molar-refractivity contribution in [3.63, 3.8) is 0 Å². The van der Waals surface area contributed by atoms with Crippen molar-refractivity contribution in [1.82, 2.24) is 0 Å².